The summed E-state index contributed by atoms with van der Waals surface area (Å²) >= 11 is 0. The number of amides is 4. The zero-order valence-corrected chi connectivity index (χ0v) is 23.0. The lowest BCUT2D eigenvalue weighted by molar-refractivity contribution is -0.143. The molecule has 0 radical (unpaired) electrons. The number of aliphatic hydroxyl groups is 1. The second-order valence-electron chi connectivity index (χ2n) is 11.2. The molecule has 3 N–H and O–H groups in total. The predicted octanol–water partition coefficient (Wildman–Crippen LogP) is 3.61. The first kappa shape index (κ1) is 27.9. The van der Waals surface area contributed by atoms with Gasteiger partial charge >= 0.3 is 12.1 Å². The van der Waals surface area contributed by atoms with Gasteiger partial charge in [-0.3, -0.25) is 10.1 Å². The molecule has 2 aromatic carbocycles. The van der Waals surface area contributed by atoms with Gasteiger partial charge in [0.1, 0.15) is 12.6 Å². The molecule has 2 aromatic rings. The zero-order valence-electron chi connectivity index (χ0n) is 23.0. The van der Waals surface area contributed by atoms with Gasteiger partial charge in [-0.1, -0.05) is 36.4 Å². The molecule has 214 valence electrons. The average molecular weight is 550 g/mol. The smallest absolute Gasteiger partial charge is 0.411 e. The molecule has 40 heavy (non-hydrogen) atoms. The van der Waals surface area contributed by atoms with Crippen molar-refractivity contribution in [2.75, 3.05) is 50.0 Å². The second kappa shape index (κ2) is 12.3. The van der Waals surface area contributed by atoms with E-state index in [0.717, 1.165) is 25.8 Å². The maximum absolute atomic E-state index is 13.6. The van der Waals surface area contributed by atoms with Crippen molar-refractivity contribution >= 4 is 29.4 Å². The van der Waals surface area contributed by atoms with Crippen molar-refractivity contribution in [2.45, 2.75) is 50.8 Å². The maximum Gasteiger partial charge on any atom is 0.411 e. The molecule has 5 rings (SSSR count). The number of likely N-dealkylation sites (tertiary alicyclic amines) is 1. The Bertz CT molecular complexity index is 1180. The Morgan fingerprint density at radius 2 is 1.62 bits per heavy atom. The van der Waals surface area contributed by atoms with E-state index in [2.05, 4.69) is 15.5 Å². The SMILES string of the molecule is C[C@H]1C(=O)N([C@@H](CCN2CCC3(CC3)[C@H](O)C2)COC(=O)Nc2ccccc2)CCN1C(=O)Nc1ccccc1. The third-order valence-electron chi connectivity index (χ3n) is 8.58. The molecule has 1 saturated carbocycles. The van der Waals surface area contributed by atoms with Crippen LogP contribution in [0.25, 0.3) is 0 Å². The Labute approximate surface area is 235 Å². The number of urea groups is 1. The Morgan fingerprint density at radius 1 is 0.975 bits per heavy atom. The minimum atomic E-state index is -0.662. The predicted molar refractivity (Wildman–Crippen MR) is 152 cm³/mol. The first-order chi connectivity index (χ1) is 19.3. The number of rotatable bonds is 8. The number of hydrogen-bond acceptors (Lipinski definition) is 6. The van der Waals surface area contributed by atoms with E-state index in [0.29, 0.717) is 44.0 Å². The molecular weight excluding hydrogens is 510 g/mol. The van der Waals surface area contributed by atoms with Gasteiger partial charge in [0.2, 0.25) is 5.91 Å². The van der Waals surface area contributed by atoms with Crippen LogP contribution in [-0.2, 0) is 9.53 Å². The summed E-state index contributed by atoms with van der Waals surface area (Å²) in [6.45, 7) is 4.69. The number of piperidine rings is 1. The van der Waals surface area contributed by atoms with Gasteiger partial charge in [0.25, 0.3) is 0 Å². The van der Waals surface area contributed by atoms with Crippen LogP contribution in [0.3, 0.4) is 0 Å². The van der Waals surface area contributed by atoms with Crippen molar-refractivity contribution in [2.24, 2.45) is 5.41 Å². The normalized spacial score (nSPS) is 23.0. The number of carbonyl (C=O) groups excluding carboxylic acids is 3. The van der Waals surface area contributed by atoms with Crippen LogP contribution in [0, 0.1) is 5.41 Å². The highest BCUT2D eigenvalue weighted by atomic mass is 16.5. The average Bonchev–Trinajstić information content (AvgIpc) is 3.74. The number of β-amino-alcohol motifs (C(OH)–C–C–N with tert-alkyl or cyclic N) is 1. The number of anilines is 2. The third kappa shape index (κ3) is 6.56. The van der Waals surface area contributed by atoms with Crippen LogP contribution < -0.4 is 10.6 Å². The van der Waals surface area contributed by atoms with Crippen LogP contribution >= 0.6 is 0 Å². The van der Waals surface area contributed by atoms with Crippen LogP contribution in [0.2, 0.25) is 0 Å². The molecule has 1 spiro atoms. The van der Waals surface area contributed by atoms with Crippen molar-refractivity contribution in [1.29, 1.82) is 0 Å². The van der Waals surface area contributed by atoms with E-state index in [-0.39, 0.29) is 36.1 Å². The number of hydrogen-bond donors (Lipinski definition) is 3. The van der Waals surface area contributed by atoms with Gasteiger partial charge in [0, 0.05) is 37.6 Å². The molecular formula is C30H39N5O5. The minimum absolute atomic E-state index is 0.0354. The Kier molecular flexibility index (Phi) is 8.56. The van der Waals surface area contributed by atoms with Crippen LogP contribution in [0.1, 0.15) is 32.6 Å². The summed E-state index contributed by atoms with van der Waals surface area (Å²) in [6.07, 6.45) is 2.88. The van der Waals surface area contributed by atoms with Crippen LogP contribution in [0.4, 0.5) is 21.0 Å². The van der Waals surface area contributed by atoms with E-state index >= 15 is 0 Å². The highest BCUT2D eigenvalue weighted by molar-refractivity contribution is 5.94. The quantitative estimate of drug-likeness (QED) is 0.464. The van der Waals surface area contributed by atoms with E-state index in [1.807, 2.05) is 36.4 Å². The zero-order chi connectivity index (χ0) is 28.1. The van der Waals surface area contributed by atoms with E-state index in [1.54, 1.807) is 41.0 Å². The first-order valence-electron chi connectivity index (χ1n) is 14.2. The Morgan fingerprint density at radius 3 is 2.25 bits per heavy atom. The molecule has 10 nitrogen and oxygen atoms in total. The van der Waals surface area contributed by atoms with E-state index < -0.39 is 12.1 Å². The Balaban J connectivity index is 1.21. The van der Waals surface area contributed by atoms with Gasteiger partial charge in [-0.2, -0.15) is 0 Å². The lowest BCUT2D eigenvalue weighted by Gasteiger charge is -2.43. The number of ether oxygens (including phenoxy) is 1. The molecule has 3 fully saturated rings. The van der Waals surface area contributed by atoms with Gasteiger partial charge in [0.15, 0.2) is 0 Å². The summed E-state index contributed by atoms with van der Waals surface area (Å²) in [4.78, 5) is 44.6. The molecule has 2 aliphatic heterocycles. The molecule has 2 saturated heterocycles. The summed E-state index contributed by atoms with van der Waals surface area (Å²) in [5.74, 6) is -0.179. The fourth-order valence-corrected chi connectivity index (χ4v) is 5.78. The first-order valence-corrected chi connectivity index (χ1v) is 14.2. The minimum Gasteiger partial charge on any atom is -0.447 e. The molecule has 3 aliphatic rings. The fourth-order valence-electron chi connectivity index (χ4n) is 5.78. The van der Waals surface area contributed by atoms with Crippen molar-refractivity contribution in [1.82, 2.24) is 14.7 Å². The monoisotopic (exact) mass is 549 g/mol. The third-order valence-corrected chi connectivity index (χ3v) is 8.58. The summed E-state index contributed by atoms with van der Waals surface area (Å²) in [6, 6.07) is 16.9. The number of piperazine rings is 1. The van der Waals surface area contributed by atoms with Crippen LogP contribution in [0.15, 0.2) is 60.7 Å². The van der Waals surface area contributed by atoms with Gasteiger partial charge in [-0.05, 0) is 68.8 Å². The molecule has 10 heteroatoms. The van der Waals surface area contributed by atoms with Crippen molar-refractivity contribution < 1.29 is 24.2 Å². The van der Waals surface area contributed by atoms with Gasteiger partial charge in [-0.15, -0.1) is 0 Å². The number of carbonyl (C=O) groups is 3. The maximum atomic E-state index is 13.6. The summed E-state index contributed by atoms with van der Waals surface area (Å²) in [5, 5.41) is 16.2. The molecule has 3 atom stereocenters. The molecule has 0 bridgehead atoms. The summed E-state index contributed by atoms with van der Waals surface area (Å²) in [7, 11) is 0. The van der Waals surface area contributed by atoms with Gasteiger partial charge in [-0.25, -0.2) is 9.59 Å². The standard InChI is InChI=1S/C30H39N5O5/c1-22-27(37)35(19-18-34(22)28(38)31-23-8-4-2-5-9-23)25(21-40-29(39)32-24-10-6-3-7-11-24)12-16-33-17-15-30(13-14-30)26(36)20-33/h2-11,22,25-26,36H,12-21H2,1H3,(H,31,38)(H,32,39)/t22-,25-,26+/m0/s1. The second-order valence-corrected chi connectivity index (χ2v) is 11.2. The summed E-state index contributed by atoms with van der Waals surface area (Å²) < 4.78 is 5.60. The number of para-hydroxylation sites is 2. The lowest BCUT2D eigenvalue weighted by Crippen LogP contribution is -2.61. The Hall–Kier alpha value is -3.63. The molecule has 0 unspecified atom stereocenters. The highest BCUT2D eigenvalue weighted by Crippen LogP contribution is 2.53. The molecule has 1 aliphatic carbocycles. The van der Waals surface area contributed by atoms with Crippen molar-refractivity contribution in [3.05, 3.63) is 60.7 Å². The number of nitrogens with one attached hydrogen (secondary N) is 2. The summed E-state index contributed by atoms with van der Waals surface area (Å²) in [5.41, 5.74) is 1.42. The largest absolute Gasteiger partial charge is 0.447 e. The number of benzene rings is 2. The van der Waals surface area contributed by atoms with Crippen LogP contribution in [-0.4, -0.2) is 95.4 Å². The molecule has 0 aromatic heterocycles. The molecule has 4 amide bonds. The highest BCUT2D eigenvalue weighted by Gasteiger charge is 2.51. The van der Waals surface area contributed by atoms with Gasteiger partial charge in [0.05, 0.1) is 12.1 Å². The fraction of sp³-hybridized carbons (Fsp3) is 0.500. The lowest BCUT2D eigenvalue weighted by atomic mass is 9.90. The number of aliphatic hydroxyl groups excluding tert-OH is 1. The van der Waals surface area contributed by atoms with E-state index in [4.69, 9.17) is 4.74 Å². The van der Waals surface area contributed by atoms with Crippen molar-refractivity contribution in [3.8, 4) is 0 Å². The van der Waals surface area contributed by atoms with Crippen molar-refractivity contribution in [3.63, 3.8) is 0 Å². The topological polar surface area (TPSA) is 114 Å². The van der Waals surface area contributed by atoms with E-state index in [9.17, 15) is 19.5 Å². The number of nitrogens with zero attached hydrogens (tertiary/aromatic N) is 3. The van der Waals surface area contributed by atoms with E-state index in [1.165, 1.54) is 0 Å². The van der Waals surface area contributed by atoms with Crippen LogP contribution in [0.5, 0.6) is 0 Å². The molecule has 2 heterocycles. The van der Waals surface area contributed by atoms with Gasteiger partial charge < -0.3 is 29.9 Å².